The molecule has 0 atom stereocenters. The maximum atomic E-state index is 4.52. The Morgan fingerprint density at radius 1 is 1.00 bits per heavy atom. The highest BCUT2D eigenvalue weighted by Gasteiger charge is 2.05. The van der Waals surface area contributed by atoms with E-state index in [-0.39, 0.29) is 0 Å². The normalized spacial score (nSPS) is 10.2. The molecule has 0 unspecified atom stereocenters. The van der Waals surface area contributed by atoms with Crippen LogP contribution in [0.15, 0.2) is 36.4 Å². The average molecular weight is 213 g/mol. The molecule has 2 aromatic rings. The summed E-state index contributed by atoms with van der Waals surface area (Å²) in [4.78, 5) is 11.0. The molecular weight excluding hydrogens is 198 g/mol. The maximum Gasteiger partial charge on any atom is 0.161 e. The van der Waals surface area contributed by atoms with Gasteiger partial charge in [-0.25, -0.2) is 9.97 Å². The first kappa shape index (κ1) is 10.6. The lowest BCUT2D eigenvalue weighted by atomic mass is 10.2. The minimum atomic E-state index is 0.782. The Labute approximate surface area is 95.8 Å². The van der Waals surface area contributed by atoms with E-state index in [0.29, 0.717) is 0 Å². The molecule has 0 spiro atoms. The van der Waals surface area contributed by atoms with E-state index in [1.165, 1.54) is 0 Å². The zero-order valence-corrected chi connectivity index (χ0v) is 9.81. The molecule has 3 heteroatoms. The minimum absolute atomic E-state index is 0.782. The summed E-state index contributed by atoms with van der Waals surface area (Å²) in [5, 5.41) is 0. The summed E-state index contributed by atoms with van der Waals surface area (Å²) >= 11 is 0. The number of benzene rings is 1. The molecule has 0 saturated carbocycles. The van der Waals surface area contributed by atoms with E-state index >= 15 is 0 Å². The summed E-state index contributed by atoms with van der Waals surface area (Å²) in [6, 6.07) is 12.0. The largest absolute Gasteiger partial charge is 0.363 e. The smallest absolute Gasteiger partial charge is 0.161 e. The molecule has 0 saturated heterocycles. The molecule has 0 aliphatic rings. The number of hydrogen-bond donors (Lipinski definition) is 0. The Bertz CT molecular complexity index is 478. The summed E-state index contributed by atoms with van der Waals surface area (Å²) in [6.45, 7) is 1.99. The highest BCUT2D eigenvalue weighted by atomic mass is 15.1. The Balaban J connectivity index is 2.50. The fourth-order valence-electron chi connectivity index (χ4n) is 1.50. The Morgan fingerprint density at radius 2 is 1.69 bits per heavy atom. The lowest BCUT2D eigenvalue weighted by Crippen LogP contribution is -2.12. The van der Waals surface area contributed by atoms with E-state index in [1.807, 2.05) is 62.3 Å². The van der Waals surface area contributed by atoms with Gasteiger partial charge in [0.15, 0.2) is 5.82 Å². The highest BCUT2D eigenvalue weighted by Crippen LogP contribution is 2.18. The van der Waals surface area contributed by atoms with Crippen molar-refractivity contribution >= 4 is 5.82 Å². The van der Waals surface area contributed by atoms with Gasteiger partial charge in [-0.1, -0.05) is 30.3 Å². The van der Waals surface area contributed by atoms with E-state index in [0.717, 1.165) is 22.9 Å². The molecule has 0 aliphatic carbocycles. The first-order chi connectivity index (χ1) is 7.66. The average Bonchev–Trinajstić information content (AvgIpc) is 2.29. The monoisotopic (exact) mass is 213 g/mol. The minimum Gasteiger partial charge on any atom is -0.363 e. The van der Waals surface area contributed by atoms with E-state index in [9.17, 15) is 0 Å². The van der Waals surface area contributed by atoms with Crippen LogP contribution in [0.25, 0.3) is 11.4 Å². The van der Waals surface area contributed by atoms with E-state index < -0.39 is 0 Å². The van der Waals surface area contributed by atoms with Gasteiger partial charge in [0.25, 0.3) is 0 Å². The second-order valence-electron chi connectivity index (χ2n) is 3.95. The second kappa shape index (κ2) is 4.31. The van der Waals surface area contributed by atoms with Gasteiger partial charge in [0.1, 0.15) is 5.82 Å². The van der Waals surface area contributed by atoms with Crippen molar-refractivity contribution < 1.29 is 0 Å². The van der Waals surface area contributed by atoms with Gasteiger partial charge in [-0.05, 0) is 6.92 Å². The van der Waals surface area contributed by atoms with Crippen molar-refractivity contribution in [2.24, 2.45) is 0 Å². The van der Waals surface area contributed by atoms with Gasteiger partial charge in [0.2, 0.25) is 0 Å². The summed E-state index contributed by atoms with van der Waals surface area (Å²) in [5.74, 6) is 1.72. The van der Waals surface area contributed by atoms with Gasteiger partial charge in [-0.3, -0.25) is 0 Å². The molecule has 0 radical (unpaired) electrons. The van der Waals surface area contributed by atoms with Crippen LogP contribution >= 0.6 is 0 Å². The number of aryl methyl sites for hydroxylation is 1. The van der Waals surface area contributed by atoms with Crippen LogP contribution < -0.4 is 4.90 Å². The first-order valence-corrected chi connectivity index (χ1v) is 5.25. The molecule has 16 heavy (non-hydrogen) atoms. The van der Waals surface area contributed by atoms with E-state index in [2.05, 4.69) is 9.97 Å². The van der Waals surface area contributed by atoms with Gasteiger partial charge >= 0.3 is 0 Å². The fraction of sp³-hybridized carbons (Fsp3) is 0.231. The van der Waals surface area contributed by atoms with Gasteiger partial charge < -0.3 is 4.90 Å². The predicted molar refractivity (Wildman–Crippen MR) is 66.5 cm³/mol. The topological polar surface area (TPSA) is 29.0 Å². The van der Waals surface area contributed by atoms with Crippen LogP contribution in [0.5, 0.6) is 0 Å². The van der Waals surface area contributed by atoms with Crippen molar-refractivity contribution in [3.8, 4) is 11.4 Å². The van der Waals surface area contributed by atoms with E-state index in [1.54, 1.807) is 0 Å². The van der Waals surface area contributed by atoms with Crippen molar-refractivity contribution in [1.82, 2.24) is 9.97 Å². The van der Waals surface area contributed by atoms with Crippen LogP contribution in [-0.2, 0) is 0 Å². The third-order valence-electron chi connectivity index (χ3n) is 2.33. The SMILES string of the molecule is Cc1cc(N(C)C)nc(-c2ccccc2)n1. The van der Waals surface area contributed by atoms with Crippen LogP contribution in [0.2, 0.25) is 0 Å². The zero-order chi connectivity index (χ0) is 11.5. The van der Waals surface area contributed by atoms with Gasteiger partial charge in [-0.15, -0.1) is 0 Å². The third kappa shape index (κ3) is 2.19. The summed E-state index contributed by atoms with van der Waals surface area (Å²) in [6.07, 6.45) is 0. The molecule has 2 rings (SSSR count). The lowest BCUT2D eigenvalue weighted by molar-refractivity contribution is 1.02. The number of anilines is 1. The van der Waals surface area contributed by atoms with Crippen LogP contribution in [0, 0.1) is 6.92 Å². The van der Waals surface area contributed by atoms with Crippen LogP contribution in [0.4, 0.5) is 5.82 Å². The van der Waals surface area contributed by atoms with Crippen LogP contribution in [0.1, 0.15) is 5.69 Å². The predicted octanol–water partition coefficient (Wildman–Crippen LogP) is 2.52. The summed E-state index contributed by atoms with van der Waals surface area (Å²) in [5.41, 5.74) is 2.03. The molecule has 1 aromatic carbocycles. The van der Waals surface area contributed by atoms with Gasteiger partial charge in [0, 0.05) is 31.4 Å². The third-order valence-corrected chi connectivity index (χ3v) is 2.33. The van der Waals surface area contributed by atoms with Crippen LogP contribution in [-0.4, -0.2) is 24.1 Å². The molecule has 1 heterocycles. The number of hydrogen-bond acceptors (Lipinski definition) is 3. The summed E-state index contributed by atoms with van der Waals surface area (Å²) in [7, 11) is 3.97. The van der Waals surface area contributed by atoms with Crippen molar-refractivity contribution in [2.45, 2.75) is 6.92 Å². The molecule has 3 nitrogen and oxygen atoms in total. The summed E-state index contributed by atoms with van der Waals surface area (Å²) < 4.78 is 0. The Kier molecular flexibility index (Phi) is 2.86. The molecular formula is C13H15N3. The standard InChI is InChI=1S/C13H15N3/c1-10-9-12(16(2)3)15-13(14-10)11-7-5-4-6-8-11/h4-9H,1-3H3. The number of aromatic nitrogens is 2. The molecule has 0 aliphatic heterocycles. The zero-order valence-electron chi connectivity index (χ0n) is 9.81. The van der Waals surface area contributed by atoms with Gasteiger partial charge in [-0.2, -0.15) is 0 Å². The fourth-order valence-corrected chi connectivity index (χ4v) is 1.50. The van der Waals surface area contributed by atoms with Gasteiger partial charge in [0.05, 0.1) is 0 Å². The lowest BCUT2D eigenvalue weighted by Gasteiger charge is -2.13. The van der Waals surface area contributed by atoms with E-state index in [4.69, 9.17) is 0 Å². The quantitative estimate of drug-likeness (QED) is 0.767. The van der Waals surface area contributed by atoms with Crippen molar-refractivity contribution in [3.63, 3.8) is 0 Å². The molecule has 0 bridgehead atoms. The molecule has 82 valence electrons. The molecule has 1 aromatic heterocycles. The number of rotatable bonds is 2. The first-order valence-electron chi connectivity index (χ1n) is 5.25. The Hall–Kier alpha value is -1.90. The Morgan fingerprint density at radius 3 is 2.31 bits per heavy atom. The van der Waals surface area contributed by atoms with Crippen molar-refractivity contribution in [2.75, 3.05) is 19.0 Å². The van der Waals surface area contributed by atoms with Crippen LogP contribution in [0.3, 0.4) is 0 Å². The second-order valence-corrected chi connectivity index (χ2v) is 3.95. The van der Waals surface area contributed by atoms with Crippen molar-refractivity contribution in [3.05, 3.63) is 42.1 Å². The number of nitrogens with zero attached hydrogens (tertiary/aromatic N) is 3. The maximum absolute atomic E-state index is 4.52. The molecule has 0 amide bonds. The highest BCUT2D eigenvalue weighted by molar-refractivity contribution is 5.57. The van der Waals surface area contributed by atoms with Crippen molar-refractivity contribution in [1.29, 1.82) is 0 Å². The molecule has 0 N–H and O–H groups in total. The molecule has 0 fully saturated rings.